The summed E-state index contributed by atoms with van der Waals surface area (Å²) in [5.41, 5.74) is 2.21. The van der Waals surface area contributed by atoms with Gasteiger partial charge >= 0.3 is 0 Å². The highest BCUT2D eigenvalue weighted by atomic mass is 79.9. The van der Waals surface area contributed by atoms with Gasteiger partial charge in [-0.2, -0.15) is 0 Å². The summed E-state index contributed by atoms with van der Waals surface area (Å²) >= 11 is 4.99. The fourth-order valence-corrected chi connectivity index (χ4v) is 3.78. The van der Waals surface area contributed by atoms with Gasteiger partial charge in [0.1, 0.15) is 0 Å². The quantitative estimate of drug-likeness (QED) is 0.581. The van der Waals surface area contributed by atoms with Crippen LogP contribution in [0.2, 0.25) is 0 Å². The summed E-state index contributed by atoms with van der Waals surface area (Å²) in [5, 5.41) is 2.34. The number of ketones is 1. The molecule has 0 atom stereocenters. The maximum absolute atomic E-state index is 12.4. The van der Waals surface area contributed by atoms with Crippen LogP contribution in [0.3, 0.4) is 0 Å². The summed E-state index contributed by atoms with van der Waals surface area (Å²) in [6.07, 6.45) is 0.452. The fourth-order valence-electron chi connectivity index (χ4n) is 2.30. The van der Waals surface area contributed by atoms with Crippen molar-refractivity contribution in [3.8, 4) is 0 Å². The first-order valence-electron chi connectivity index (χ1n) is 6.41. The second kappa shape index (κ2) is 5.51. The molecule has 3 rings (SSSR count). The van der Waals surface area contributed by atoms with Crippen molar-refractivity contribution >= 4 is 43.8 Å². The Morgan fingerprint density at radius 2 is 1.90 bits per heavy atom. The molecule has 100 valence electrons. The van der Waals surface area contributed by atoms with Crippen LogP contribution >= 0.6 is 27.3 Å². The Morgan fingerprint density at radius 1 is 1.15 bits per heavy atom. The van der Waals surface area contributed by atoms with Crippen LogP contribution in [-0.2, 0) is 6.42 Å². The minimum Gasteiger partial charge on any atom is -0.293 e. The van der Waals surface area contributed by atoms with Gasteiger partial charge in [0.25, 0.3) is 0 Å². The summed E-state index contributed by atoms with van der Waals surface area (Å²) in [5.74, 6) is 0.181. The van der Waals surface area contributed by atoms with Gasteiger partial charge in [-0.3, -0.25) is 4.79 Å². The van der Waals surface area contributed by atoms with Crippen LogP contribution in [0.15, 0.2) is 52.3 Å². The van der Waals surface area contributed by atoms with Crippen LogP contribution < -0.4 is 0 Å². The number of hydrogen-bond donors (Lipinski definition) is 0. The molecule has 0 aliphatic rings. The van der Waals surface area contributed by atoms with Gasteiger partial charge in [0.05, 0.1) is 8.66 Å². The lowest BCUT2D eigenvalue weighted by Crippen LogP contribution is -2.01. The average Bonchev–Trinajstić information content (AvgIpc) is 2.79. The van der Waals surface area contributed by atoms with Crippen molar-refractivity contribution in [2.45, 2.75) is 13.3 Å². The Bertz CT molecular complexity index is 764. The van der Waals surface area contributed by atoms with E-state index in [0.29, 0.717) is 6.42 Å². The Morgan fingerprint density at radius 3 is 2.65 bits per heavy atom. The Hall–Kier alpha value is -1.45. The first-order chi connectivity index (χ1) is 9.65. The first kappa shape index (κ1) is 13.5. The molecule has 0 amide bonds. The van der Waals surface area contributed by atoms with Gasteiger partial charge in [-0.15, -0.1) is 11.3 Å². The standard InChI is InChI=1S/C17H13BrOS/c1-11-9-16(20-17(11)18)15(19)10-13-7-4-6-12-5-2-3-8-14(12)13/h2-9H,10H2,1H3. The molecule has 1 aromatic heterocycles. The number of hydrogen-bond acceptors (Lipinski definition) is 2. The van der Waals surface area contributed by atoms with E-state index in [1.165, 1.54) is 16.7 Å². The maximum Gasteiger partial charge on any atom is 0.177 e. The van der Waals surface area contributed by atoms with Gasteiger partial charge in [0.2, 0.25) is 0 Å². The number of thiophene rings is 1. The largest absolute Gasteiger partial charge is 0.293 e. The van der Waals surface area contributed by atoms with Crippen LogP contribution in [0.5, 0.6) is 0 Å². The van der Waals surface area contributed by atoms with E-state index in [1.807, 2.05) is 37.3 Å². The van der Waals surface area contributed by atoms with E-state index in [4.69, 9.17) is 0 Å². The molecule has 1 heterocycles. The Labute approximate surface area is 130 Å². The van der Waals surface area contributed by atoms with Crippen molar-refractivity contribution in [1.82, 2.24) is 0 Å². The van der Waals surface area contributed by atoms with Crippen LogP contribution in [0, 0.1) is 6.92 Å². The molecular weight excluding hydrogens is 332 g/mol. The summed E-state index contributed by atoms with van der Waals surface area (Å²) < 4.78 is 1.04. The lowest BCUT2D eigenvalue weighted by Gasteiger charge is -2.05. The van der Waals surface area contributed by atoms with E-state index in [2.05, 4.69) is 34.1 Å². The molecule has 0 saturated heterocycles. The SMILES string of the molecule is Cc1cc(C(=O)Cc2cccc3ccccc23)sc1Br. The van der Waals surface area contributed by atoms with E-state index in [0.717, 1.165) is 25.2 Å². The van der Waals surface area contributed by atoms with Crippen LogP contribution in [0.1, 0.15) is 20.8 Å². The number of aryl methyl sites for hydroxylation is 1. The van der Waals surface area contributed by atoms with Gasteiger partial charge in [-0.25, -0.2) is 0 Å². The molecule has 0 fully saturated rings. The molecule has 0 aliphatic heterocycles. The second-order valence-electron chi connectivity index (χ2n) is 4.81. The molecule has 0 aliphatic carbocycles. The zero-order chi connectivity index (χ0) is 14.1. The third-order valence-corrected chi connectivity index (χ3v) is 5.54. The molecule has 20 heavy (non-hydrogen) atoms. The number of benzene rings is 2. The smallest absolute Gasteiger partial charge is 0.177 e. The summed E-state index contributed by atoms with van der Waals surface area (Å²) in [6.45, 7) is 2.01. The summed E-state index contributed by atoms with van der Waals surface area (Å²) in [4.78, 5) is 13.2. The molecular formula is C17H13BrOS. The molecule has 0 unspecified atom stereocenters. The highest BCUT2D eigenvalue weighted by Gasteiger charge is 2.13. The number of rotatable bonds is 3. The number of carbonyl (C=O) groups excluding carboxylic acids is 1. The number of carbonyl (C=O) groups is 1. The molecule has 0 radical (unpaired) electrons. The number of fused-ring (bicyclic) bond motifs is 1. The zero-order valence-corrected chi connectivity index (χ0v) is 13.4. The minimum atomic E-state index is 0.181. The monoisotopic (exact) mass is 344 g/mol. The summed E-state index contributed by atoms with van der Waals surface area (Å²) in [7, 11) is 0. The predicted molar refractivity (Wildman–Crippen MR) is 88.7 cm³/mol. The Kier molecular flexibility index (Phi) is 3.72. The van der Waals surface area contributed by atoms with Gasteiger partial charge < -0.3 is 0 Å². The Balaban J connectivity index is 1.95. The number of halogens is 1. The zero-order valence-electron chi connectivity index (χ0n) is 11.0. The highest BCUT2D eigenvalue weighted by molar-refractivity contribution is 9.11. The van der Waals surface area contributed by atoms with Crippen molar-refractivity contribution in [2.75, 3.05) is 0 Å². The van der Waals surface area contributed by atoms with E-state index in [-0.39, 0.29) is 5.78 Å². The number of Topliss-reactive ketones (excluding diaryl/α,β-unsaturated/α-hetero) is 1. The molecule has 2 aromatic carbocycles. The van der Waals surface area contributed by atoms with Gasteiger partial charge in [0, 0.05) is 6.42 Å². The van der Waals surface area contributed by atoms with Crippen molar-refractivity contribution in [2.24, 2.45) is 0 Å². The topological polar surface area (TPSA) is 17.1 Å². The molecule has 0 saturated carbocycles. The fraction of sp³-hybridized carbons (Fsp3) is 0.118. The lowest BCUT2D eigenvalue weighted by atomic mass is 10.00. The van der Waals surface area contributed by atoms with Crippen molar-refractivity contribution in [3.05, 3.63) is 68.3 Å². The van der Waals surface area contributed by atoms with E-state index >= 15 is 0 Å². The molecule has 0 spiro atoms. The van der Waals surface area contributed by atoms with E-state index in [1.54, 1.807) is 0 Å². The first-order valence-corrected chi connectivity index (χ1v) is 8.02. The second-order valence-corrected chi connectivity index (χ2v) is 7.18. The minimum absolute atomic E-state index is 0.181. The highest BCUT2D eigenvalue weighted by Crippen LogP contribution is 2.29. The van der Waals surface area contributed by atoms with Crippen molar-refractivity contribution < 1.29 is 4.79 Å². The van der Waals surface area contributed by atoms with Crippen molar-refractivity contribution in [3.63, 3.8) is 0 Å². The lowest BCUT2D eigenvalue weighted by molar-refractivity contribution is 0.0997. The van der Waals surface area contributed by atoms with E-state index < -0.39 is 0 Å². The van der Waals surface area contributed by atoms with E-state index in [9.17, 15) is 4.79 Å². The normalized spacial score (nSPS) is 10.9. The van der Waals surface area contributed by atoms with Crippen LogP contribution in [0.4, 0.5) is 0 Å². The van der Waals surface area contributed by atoms with Gasteiger partial charge in [-0.1, -0.05) is 42.5 Å². The van der Waals surface area contributed by atoms with Crippen LogP contribution in [-0.4, -0.2) is 5.78 Å². The predicted octanol–water partition coefficient (Wildman–Crippen LogP) is 5.40. The maximum atomic E-state index is 12.4. The average molecular weight is 345 g/mol. The molecule has 3 heteroatoms. The molecule has 1 nitrogen and oxygen atoms in total. The van der Waals surface area contributed by atoms with Gasteiger partial charge in [-0.05, 0) is 50.8 Å². The van der Waals surface area contributed by atoms with Gasteiger partial charge in [0.15, 0.2) is 5.78 Å². The third kappa shape index (κ3) is 2.56. The molecule has 0 N–H and O–H groups in total. The van der Waals surface area contributed by atoms with Crippen molar-refractivity contribution in [1.29, 1.82) is 0 Å². The third-order valence-electron chi connectivity index (χ3n) is 3.36. The summed E-state index contributed by atoms with van der Waals surface area (Å²) in [6, 6.07) is 16.3. The van der Waals surface area contributed by atoms with Crippen LogP contribution in [0.25, 0.3) is 10.8 Å². The molecule has 0 bridgehead atoms. The molecule has 3 aromatic rings.